The average molecular weight is 374 g/mol. The van der Waals surface area contributed by atoms with Crippen LogP contribution in [0, 0.1) is 0 Å². The lowest BCUT2D eigenvalue weighted by molar-refractivity contribution is 0.0950. The van der Waals surface area contributed by atoms with Crippen LogP contribution in [0.3, 0.4) is 0 Å². The number of para-hydroxylation sites is 1. The van der Waals surface area contributed by atoms with E-state index in [1.165, 1.54) is 0 Å². The first kappa shape index (κ1) is 19.1. The minimum absolute atomic E-state index is 0.322. The van der Waals surface area contributed by atoms with Gasteiger partial charge in [-0.3, -0.25) is 9.89 Å². The van der Waals surface area contributed by atoms with E-state index in [1.807, 2.05) is 74.5 Å². The number of aromatic amines is 1. The fourth-order valence-corrected chi connectivity index (χ4v) is 2.64. The molecule has 28 heavy (non-hydrogen) atoms. The largest absolute Gasteiger partial charge is 0.493 e. The Labute approximate surface area is 163 Å². The third-order valence-corrected chi connectivity index (χ3v) is 3.91. The van der Waals surface area contributed by atoms with Gasteiger partial charge in [0.1, 0.15) is 11.4 Å². The lowest BCUT2D eigenvalue weighted by Gasteiger charge is -2.07. The maximum Gasteiger partial charge on any atom is 0.289 e. The van der Waals surface area contributed by atoms with Gasteiger partial charge < -0.3 is 4.74 Å². The highest BCUT2D eigenvalue weighted by Gasteiger charge is 2.13. The van der Waals surface area contributed by atoms with Crippen LogP contribution in [-0.2, 0) is 0 Å². The molecule has 6 nitrogen and oxygen atoms in total. The Bertz CT molecular complexity index is 991. The molecule has 0 bridgehead atoms. The van der Waals surface area contributed by atoms with Crippen LogP contribution >= 0.6 is 0 Å². The monoisotopic (exact) mass is 374 g/mol. The number of hydrogen-bond donors (Lipinski definition) is 2. The van der Waals surface area contributed by atoms with Crippen LogP contribution < -0.4 is 10.2 Å². The van der Waals surface area contributed by atoms with Crippen molar-refractivity contribution in [3.63, 3.8) is 0 Å². The fourth-order valence-electron chi connectivity index (χ4n) is 2.64. The van der Waals surface area contributed by atoms with Gasteiger partial charge in [0.15, 0.2) is 0 Å². The van der Waals surface area contributed by atoms with E-state index in [2.05, 4.69) is 20.7 Å². The molecule has 0 radical (unpaired) electrons. The molecule has 0 atom stereocenters. The van der Waals surface area contributed by atoms with Crippen LogP contribution in [0.1, 0.15) is 29.9 Å². The summed E-state index contributed by atoms with van der Waals surface area (Å²) in [5, 5.41) is 11.0. The van der Waals surface area contributed by atoms with E-state index in [0.717, 1.165) is 22.4 Å². The Kier molecular flexibility index (Phi) is 6.36. The summed E-state index contributed by atoms with van der Waals surface area (Å²) < 4.78 is 5.62. The maximum absolute atomic E-state index is 12.3. The van der Waals surface area contributed by atoms with E-state index < -0.39 is 0 Å². The minimum atomic E-state index is -0.364. The van der Waals surface area contributed by atoms with Crippen LogP contribution in [-0.4, -0.2) is 28.9 Å². The summed E-state index contributed by atoms with van der Waals surface area (Å²) in [6.45, 7) is 4.40. The van der Waals surface area contributed by atoms with Gasteiger partial charge in [0.05, 0.1) is 18.5 Å². The molecule has 0 unspecified atom stereocenters. The summed E-state index contributed by atoms with van der Waals surface area (Å²) in [5.74, 6) is 0.361. The first-order chi connectivity index (χ1) is 13.7. The van der Waals surface area contributed by atoms with Crippen LogP contribution in [0.2, 0.25) is 0 Å². The topological polar surface area (TPSA) is 79.4 Å². The van der Waals surface area contributed by atoms with E-state index in [4.69, 9.17) is 4.74 Å². The van der Waals surface area contributed by atoms with Crippen molar-refractivity contribution in [3.8, 4) is 17.0 Å². The lowest BCUT2D eigenvalue weighted by Crippen LogP contribution is -2.17. The molecule has 3 rings (SSSR count). The molecule has 3 aromatic rings. The first-order valence-corrected chi connectivity index (χ1v) is 9.01. The van der Waals surface area contributed by atoms with Gasteiger partial charge in [-0.25, -0.2) is 5.43 Å². The molecule has 0 aliphatic heterocycles. The second-order valence-corrected chi connectivity index (χ2v) is 6.09. The number of aromatic nitrogens is 2. The van der Waals surface area contributed by atoms with Crippen molar-refractivity contribution in [1.82, 2.24) is 15.6 Å². The zero-order chi connectivity index (χ0) is 19.8. The van der Waals surface area contributed by atoms with Crippen molar-refractivity contribution >= 4 is 18.2 Å². The van der Waals surface area contributed by atoms with Crippen LogP contribution in [0.4, 0.5) is 0 Å². The molecule has 0 spiro atoms. The summed E-state index contributed by atoms with van der Waals surface area (Å²) in [6.07, 6.45) is 3.58. The Morgan fingerprint density at radius 3 is 2.71 bits per heavy atom. The third kappa shape index (κ3) is 4.94. The van der Waals surface area contributed by atoms with Crippen molar-refractivity contribution < 1.29 is 9.53 Å². The molecule has 0 fully saturated rings. The number of ether oxygens (including phenoxy) is 1. The van der Waals surface area contributed by atoms with E-state index in [-0.39, 0.29) is 5.91 Å². The molecule has 0 saturated carbocycles. The zero-order valence-corrected chi connectivity index (χ0v) is 15.8. The fraction of sp³-hybridized carbons (Fsp3) is 0.136. The number of nitrogens with zero attached hydrogens (tertiary/aromatic N) is 2. The van der Waals surface area contributed by atoms with Gasteiger partial charge in [-0.1, -0.05) is 48.5 Å². The van der Waals surface area contributed by atoms with Gasteiger partial charge in [0.25, 0.3) is 5.91 Å². The van der Waals surface area contributed by atoms with Crippen LogP contribution in [0.5, 0.6) is 5.75 Å². The SMILES string of the molecule is CCOc1ccccc1-c1cc(C(=O)N/N=C/C(C)=C/c2ccccc2)[nH]n1. The highest BCUT2D eigenvalue weighted by molar-refractivity contribution is 5.94. The third-order valence-electron chi connectivity index (χ3n) is 3.91. The van der Waals surface area contributed by atoms with Crippen molar-refractivity contribution in [3.05, 3.63) is 77.5 Å². The number of benzene rings is 2. The molecule has 2 N–H and O–H groups in total. The van der Waals surface area contributed by atoms with Gasteiger partial charge >= 0.3 is 0 Å². The van der Waals surface area contributed by atoms with E-state index in [1.54, 1.807) is 12.3 Å². The quantitative estimate of drug-likeness (QED) is 0.478. The van der Waals surface area contributed by atoms with E-state index >= 15 is 0 Å². The van der Waals surface area contributed by atoms with Crippen molar-refractivity contribution in [1.29, 1.82) is 0 Å². The molecule has 6 heteroatoms. The van der Waals surface area contributed by atoms with E-state index in [0.29, 0.717) is 18.0 Å². The summed E-state index contributed by atoms with van der Waals surface area (Å²) >= 11 is 0. The summed E-state index contributed by atoms with van der Waals surface area (Å²) in [4.78, 5) is 12.3. The number of H-pyrrole nitrogens is 1. The number of hydrazone groups is 1. The molecule has 142 valence electrons. The minimum Gasteiger partial charge on any atom is -0.493 e. The second kappa shape index (κ2) is 9.32. The van der Waals surface area contributed by atoms with Crippen molar-refractivity contribution in [2.24, 2.45) is 5.10 Å². The Morgan fingerprint density at radius 2 is 1.93 bits per heavy atom. The van der Waals surface area contributed by atoms with Crippen molar-refractivity contribution in [2.45, 2.75) is 13.8 Å². The van der Waals surface area contributed by atoms with E-state index in [9.17, 15) is 4.79 Å². The number of amides is 1. The second-order valence-electron chi connectivity index (χ2n) is 6.09. The van der Waals surface area contributed by atoms with Crippen LogP contribution in [0.15, 0.2) is 71.3 Å². The number of carbonyl (C=O) groups is 1. The highest BCUT2D eigenvalue weighted by atomic mass is 16.5. The van der Waals surface area contributed by atoms with Gasteiger partial charge in [-0.2, -0.15) is 10.2 Å². The maximum atomic E-state index is 12.3. The molecule has 0 saturated heterocycles. The first-order valence-electron chi connectivity index (χ1n) is 9.01. The Balaban J connectivity index is 1.66. The molecular formula is C22H22N4O2. The van der Waals surface area contributed by atoms with Gasteiger partial charge in [-0.15, -0.1) is 0 Å². The molecule has 0 aliphatic rings. The Hall–Kier alpha value is -3.67. The number of carbonyl (C=O) groups excluding carboxylic acids is 1. The normalized spacial score (nSPS) is 11.6. The molecule has 0 aliphatic carbocycles. The predicted octanol–water partition coefficient (Wildman–Crippen LogP) is 4.29. The average Bonchev–Trinajstić information content (AvgIpc) is 3.19. The molecule has 1 heterocycles. The van der Waals surface area contributed by atoms with Crippen molar-refractivity contribution in [2.75, 3.05) is 6.61 Å². The lowest BCUT2D eigenvalue weighted by atomic mass is 10.1. The standard InChI is InChI=1S/C22H22N4O2/c1-3-28-21-12-8-7-11-18(21)19-14-20(25-24-19)22(27)26-23-15-16(2)13-17-9-5-4-6-10-17/h4-15H,3H2,1-2H3,(H,24,25)(H,26,27)/b16-13+,23-15+. The van der Waals surface area contributed by atoms with Crippen LogP contribution in [0.25, 0.3) is 17.3 Å². The Morgan fingerprint density at radius 1 is 1.18 bits per heavy atom. The zero-order valence-electron chi connectivity index (χ0n) is 15.8. The molecule has 2 aromatic carbocycles. The number of hydrogen-bond acceptors (Lipinski definition) is 4. The molecular weight excluding hydrogens is 352 g/mol. The number of nitrogens with one attached hydrogen (secondary N) is 2. The van der Waals surface area contributed by atoms with Gasteiger partial charge in [0, 0.05) is 5.56 Å². The summed E-state index contributed by atoms with van der Waals surface area (Å²) in [5.41, 5.74) is 6.28. The predicted molar refractivity (Wildman–Crippen MR) is 111 cm³/mol. The number of allylic oxidation sites excluding steroid dienone is 1. The number of rotatable bonds is 7. The van der Waals surface area contributed by atoms with Gasteiger partial charge in [-0.05, 0) is 43.2 Å². The highest BCUT2D eigenvalue weighted by Crippen LogP contribution is 2.28. The summed E-state index contributed by atoms with van der Waals surface area (Å²) in [6, 6.07) is 19.2. The smallest absolute Gasteiger partial charge is 0.289 e. The summed E-state index contributed by atoms with van der Waals surface area (Å²) in [7, 11) is 0. The molecule has 1 aromatic heterocycles. The van der Waals surface area contributed by atoms with Gasteiger partial charge in [0.2, 0.25) is 0 Å². The molecule has 1 amide bonds.